The second-order valence-corrected chi connectivity index (χ2v) is 0. The van der Waals surface area contributed by atoms with Crippen LogP contribution in [-0.4, -0.2) is 18.9 Å². The molecule has 0 spiro atoms. The molecule has 0 aromatic heterocycles. The number of hydrogen-bond acceptors (Lipinski definition) is 1. The van der Waals surface area contributed by atoms with Gasteiger partial charge in [0.15, 0.2) is 0 Å². The van der Waals surface area contributed by atoms with Crippen LogP contribution in [0.3, 0.4) is 0 Å². The molecular formula is CoLiMnNi2O. The summed E-state index contributed by atoms with van der Waals surface area (Å²) in [5.41, 5.74) is 0. The van der Waals surface area contributed by atoms with Crippen molar-refractivity contribution >= 4 is 18.9 Å². The van der Waals surface area contributed by atoms with E-state index >= 15 is 0 Å². The Balaban J connectivity index is -0.000000000833. The van der Waals surface area contributed by atoms with Gasteiger partial charge in [0, 0.05) is 68.9 Å². The third-order valence-corrected chi connectivity index (χ3v) is 0. The van der Waals surface area contributed by atoms with E-state index in [1.54, 1.807) is 0 Å². The van der Waals surface area contributed by atoms with E-state index in [-0.39, 0.29) is 68.9 Å². The molecule has 0 aromatic rings. The first kappa shape index (κ1) is 39.7. The van der Waals surface area contributed by atoms with Gasteiger partial charge in [-0.05, 0) is 0 Å². The van der Waals surface area contributed by atoms with Crippen molar-refractivity contribution in [3.8, 4) is 0 Å². The third-order valence-electron chi connectivity index (χ3n) is 0. The second-order valence-electron chi connectivity index (χ2n) is 0. The van der Waals surface area contributed by atoms with Gasteiger partial charge in [0.2, 0.25) is 0 Å². The minimum absolute atomic E-state index is 0. The molecular weight excluding hydrogens is 254 g/mol. The Morgan fingerprint density at radius 1 is 1.00 bits per heavy atom. The molecule has 0 heterocycles. The van der Waals surface area contributed by atoms with E-state index in [4.69, 9.17) is 3.87 Å². The summed E-state index contributed by atoms with van der Waals surface area (Å²) in [4.78, 5) is 0. The Morgan fingerprint density at radius 2 is 1.00 bits per heavy atom. The van der Waals surface area contributed by atoms with Crippen LogP contribution >= 0.6 is 0 Å². The summed E-state index contributed by atoms with van der Waals surface area (Å²) in [7, 11) is 0. The zero-order valence-electron chi connectivity index (χ0n) is 2.75. The Hall–Kier alpha value is 2.41. The van der Waals surface area contributed by atoms with Crippen molar-refractivity contribution in [3.63, 3.8) is 0 Å². The summed E-state index contributed by atoms with van der Waals surface area (Å²) in [6, 6.07) is 0. The summed E-state index contributed by atoms with van der Waals surface area (Å²) in [5, 5.41) is 0. The van der Waals surface area contributed by atoms with Crippen LogP contribution in [0.5, 0.6) is 0 Å². The average molecular weight is 254 g/mol. The fourth-order valence-corrected chi connectivity index (χ4v) is 0. The summed E-state index contributed by atoms with van der Waals surface area (Å²) in [6.45, 7) is 0. The monoisotopic (exact) mass is 253 g/mol. The summed E-state index contributed by atoms with van der Waals surface area (Å²) >= 11 is 2.31. The van der Waals surface area contributed by atoms with Crippen molar-refractivity contribution in [1.29, 1.82) is 0 Å². The first-order valence-corrected chi connectivity index (χ1v) is 0.561. The molecule has 0 unspecified atom stereocenters. The topological polar surface area (TPSA) is 17.1 Å². The molecule has 0 aliphatic heterocycles. The van der Waals surface area contributed by atoms with Crippen molar-refractivity contribution in [2.45, 2.75) is 0 Å². The van der Waals surface area contributed by atoms with Gasteiger partial charge in [-0.2, -0.15) is 0 Å². The minimum atomic E-state index is 0. The van der Waals surface area contributed by atoms with Gasteiger partial charge in [-0.1, -0.05) is 0 Å². The predicted molar refractivity (Wildman–Crippen MR) is 6.44 cm³/mol. The molecule has 0 saturated carbocycles. The molecule has 0 rings (SSSR count). The third kappa shape index (κ3) is 32.3. The first-order chi connectivity index (χ1) is 1.00. The van der Waals surface area contributed by atoms with Crippen LogP contribution in [0.1, 0.15) is 0 Å². The molecule has 0 aliphatic rings. The molecule has 0 N–H and O–H groups in total. The SMILES string of the molecule is [Li].[Mn].[Ni].[Ni].[O]=[Co]. The van der Waals surface area contributed by atoms with Gasteiger partial charge in [0.25, 0.3) is 0 Å². The van der Waals surface area contributed by atoms with Crippen molar-refractivity contribution in [3.05, 3.63) is 0 Å². The van der Waals surface area contributed by atoms with E-state index < -0.39 is 0 Å². The van der Waals surface area contributed by atoms with Crippen LogP contribution in [0.25, 0.3) is 0 Å². The van der Waals surface area contributed by atoms with E-state index in [1.807, 2.05) is 0 Å². The molecule has 0 bridgehead atoms. The molecule has 1 nitrogen and oxygen atoms in total. The Kier molecular flexibility index (Phi) is 347. The average Bonchev–Trinajstić information content (AvgIpc) is 1.00. The van der Waals surface area contributed by atoms with Gasteiger partial charge in [-0.25, -0.2) is 0 Å². The zero-order valence-corrected chi connectivity index (χ0v) is 6.95. The molecule has 0 fully saturated rings. The van der Waals surface area contributed by atoms with Crippen LogP contribution in [0.15, 0.2) is 0 Å². The maximum absolute atomic E-state index is 7.94. The summed E-state index contributed by atoms with van der Waals surface area (Å²) in [6.07, 6.45) is 0. The molecule has 0 amide bonds. The molecule has 43 valence electrons. The van der Waals surface area contributed by atoms with Gasteiger partial charge < -0.3 is 0 Å². The fraction of sp³-hybridized carbons (Fsp3) is 0. The van der Waals surface area contributed by atoms with E-state index in [0.717, 1.165) is 0 Å². The second kappa shape index (κ2) is 52.4. The van der Waals surface area contributed by atoms with Crippen LogP contribution in [0, 0.1) is 0 Å². The molecule has 0 saturated heterocycles. The molecule has 2 radical (unpaired) electrons. The van der Waals surface area contributed by atoms with Gasteiger partial charge in [-0.3, -0.25) is 0 Å². The van der Waals surface area contributed by atoms with Gasteiger partial charge in [0.1, 0.15) is 0 Å². The van der Waals surface area contributed by atoms with Crippen LogP contribution in [-0.2, 0) is 69.6 Å². The van der Waals surface area contributed by atoms with E-state index in [1.165, 1.54) is 0 Å². The van der Waals surface area contributed by atoms with E-state index in [2.05, 4.69) is 15.7 Å². The maximum atomic E-state index is 7.94. The van der Waals surface area contributed by atoms with Crippen molar-refractivity contribution in [1.82, 2.24) is 0 Å². The van der Waals surface area contributed by atoms with Gasteiger partial charge >= 0.3 is 19.5 Å². The quantitative estimate of drug-likeness (QED) is 0.532. The molecule has 6 heavy (non-hydrogen) atoms. The zero-order chi connectivity index (χ0) is 2.00. The Bertz CT molecular complexity index is 13.5. The van der Waals surface area contributed by atoms with Crippen molar-refractivity contribution < 1.29 is 69.6 Å². The Morgan fingerprint density at radius 3 is 1.00 bits per heavy atom. The molecule has 0 aromatic carbocycles. The van der Waals surface area contributed by atoms with Gasteiger partial charge in [0.05, 0.1) is 0 Å². The summed E-state index contributed by atoms with van der Waals surface area (Å²) in [5.74, 6) is 0. The molecule has 6 heteroatoms. The molecule has 0 atom stereocenters. The van der Waals surface area contributed by atoms with Crippen molar-refractivity contribution in [2.24, 2.45) is 0 Å². The molecule has 0 aliphatic carbocycles. The number of hydrogen-bond donors (Lipinski definition) is 0. The van der Waals surface area contributed by atoms with E-state index in [0.29, 0.717) is 0 Å². The normalized spacial score (nSPS) is 0.833. The van der Waals surface area contributed by atoms with Crippen LogP contribution in [0.4, 0.5) is 0 Å². The fourth-order valence-electron chi connectivity index (χ4n) is 0. The van der Waals surface area contributed by atoms with Crippen molar-refractivity contribution in [2.75, 3.05) is 0 Å². The van der Waals surface area contributed by atoms with Gasteiger partial charge in [-0.15, -0.1) is 0 Å². The first-order valence-electron chi connectivity index (χ1n) is 0.136. The van der Waals surface area contributed by atoms with Crippen LogP contribution < -0.4 is 0 Å². The predicted octanol–water partition coefficient (Wildman–Crippen LogP) is -0.510. The summed E-state index contributed by atoms with van der Waals surface area (Å²) < 4.78 is 7.94. The van der Waals surface area contributed by atoms with E-state index in [9.17, 15) is 0 Å². The standard InChI is InChI=1S/Co.Li.Mn.2Ni.O. The Labute approximate surface area is 87.4 Å². The number of rotatable bonds is 0. The van der Waals surface area contributed by atoms with Crippen LogP contribution in [0.2, 0.25) is 0 Å².